The Balaban J connectivity index is 1.86. The molecule has 1 amide bonds. The highest BCUT2D eigenvalue weighted by molar-refractivity contribution is 5.78. The second-order valence-corrected chi connectivity index (χ2v) is 5.41. The molecule has 0 atom stereocenters. The number of amides is 1. The van der Waals surface area contributed by atoms with Crippen LogP contribution in [-0.2, 0) is 17.6 Å². The van der Waals surface area contributed by atoms with E-state index >= 15 is 0 Å². The average Bonchev–Trinajstić information content (AvgIpc) is 2.48. The van der Waals surface area contributed by atoms with Crippen molar-refractivity contribution >= 4 is 5.91 Å². The monoisotopic (exact) mass is 260 g/mol. The summed E-state index contributed by atoms with van der Waals surface area (Å²) in [6.45, 7) is 4.63. The zero-order valence-electron chi connectivity index (χ0n) is 11.8. The standard InChI is InChI=1S/C16H24N2O/c1-2-13-3-5-14(6-4-13)11-16(19)18-9-7-15(12-17)8-10-18/h3-6,15H,2,7-12,17H2,1H3. The lowest BCUT2D eigenvalue weighted by Crippen LogP contribution is -2.40. The first kappa shape index (κ1) is 14.1. The highest BCUT2D eigenvalue weighted by Crippen LogP contribution is 2.17. The fourth-order valence-electron chi connectivity index (χ4n) is 2.60. The zero-order chi connectivity index (χ0) is 13.7. The van der Waals surface area contributed by atoms with E-state index in [1.54, 1.807) is 0 Å². The predicted molar refractivity (Wildman–Crippen MR) is 77.9 cm³/mol. The molecule has 3 heteroatoms. The molecule has 0 aliphatic carbocycles. The van der Waals surface area contributed by atoms with Crippen LogP contribution in [0.15, 0.2) is 24.3 Å². The summed E-state index contributed by atoms with van der Waals surface area (Å²) in [7, 11) is 0. The van der Waals surface area contributed by atoms with Crippen molar-refractivity contribution < 1.29 is 4.79 Å². The van der Waals surface area contributed by atoms with Crippen LogP contribution in [0.5, 0.6) is 0 Å². The average molecular weight is 260 g/mol. The summed E-state index contributed by atoms with van der Waals surface area (Å²) >= 11 is 0. The largest absolute Gasteiger partial charge is 0.342 e. The normalized spacial score (nSPS) is 16.6. The second kappa shape index (κ2) is 6.71. The molecule has 1 aliphatic rings. The first-order chi connectivity index (χ1) is 9.22. The van der Waals surface area contributed by atoms with Crippen molar-refractivity contribution in [3.8, 4) is 0 Å². The Kier molecular flexibility index (Phi) is 4.97. The van der Waals surface area contributed by atoms with Gasteiger partial charge in [0, 0.05) is 13.1 Å². The van der Waals surface area contributed by atoms with Gasteiger partial charge < -0.3 is 10.6 Å². The highest BCUT2D eigenvalue weighted by Gasteiger charge is 2.21. The van der Waals surface area contributed by atoms with Crippen LogP contribution in [0.4, 0.5) is 0 Å². The molecule has 0 aromatic heterocycles. The molecule has 0 unspecified atom stereocenters. The van der Waals surface area contributed by atoms with Crippen molar-refractivity contribution in [2.45, 2.75) is 32.6 Å². The summed E-state index contributed by atoms with van der Waals surface area (Å²) in [6.07, 6.45) is 3.67. The number of carbonyl (C=O) groups excluding carboxylic acids is 1. The van der Waals surface area contributed by atoms with E-state index in [9.17, 15) is 4.79 Å². The quantitative estimate of drug-likeness (QED) is 0.900. The number of nitrogens with zero attached hydrogens (tertiary/aromatic N) is 1. The van der Waals surface area contributed by atoms with Gasteiger partial charge in [-0.2, -0.15) is 0 Å². The van der Waals surface area contributed by atoms with E-state index in [1.165, 1.54) is 5.56 Å². The Morgan fingerprint density at radius 1 is 1.21 bits per heavy atom. The molecular formula is C16H24N2O. The molecule has 0 saturated carbocycles. The minimum absolute atomic E-state index is 0.250. The van der Waals surface area contributed by atoms with Crippen molar-refractivity contribution in [2.75, 3.05) is 19.6 Å². The summed E-state index contributed by atoms with van der Waals surface area (Å²) in [5.41, 5.74) is 8.11. The van der Waals surface area contributed by atoms with E-state index in [0.717, 1.165) is 44.5 Å². The molecule has 1 saturated heterocycles. The fraction of sp³-hybridized carbons (Fsp3) is 0.562. The van der Waals surface area contributed by atoms with E-state index in [0.29, 0.717) is 12.3 Å². The molecule has 104 valence electrons. The first-order valence-corrected chi connectivity index (χ1v) is 7.28. The van der Waals surface area contributed by atoms with Crippen LogP contribution < -0.4 is 5.73 Å². The highest BCUT2D eigenvalue weighted by atomic mass is 16.2. The Bertz CT molecular complexity index is 405. The van der Waals surface area contributed by atoms with Crippen LogP contribution in [-0.4, -0.2) is 30.4 Å². The number of hydrogen-bond acceptors (Lipinski definition) is 2. The van der Waals surface area contributed by atoms with Crippen LogP contribution in [0.25, 0.3) is 0 Å². The summed E-state index contributed by atoms with van der Waals surface area (Å²) < 4.78 is 0. The van der Waals surface area contributed by atoms with Gasteiger partial charge in [0.25, 0.3) is 0 Å². The minimum Gasteiger partial charge on any atom is -0.342 e. The molecule has 19 heavy (non-hydrogen) atoms. The second-order valence-electron chi connectivity index (χ2n) is 5.41. The number of hydrogen-bond donors (Lipinski definition) is 1. The molecule has 0 radical (unpaired) electrons. The summed E-state index contributed by atoms with van der Waals surface area (Å²) in [6, 6.07) is 8.37. The number of rotatable bonds is 4. The molecule has 1 fully saturated rings. The Labute approximate surface area is 115 Å². The smallest absolute Gasteiger partial charge is 0.226 e. The number of benzene rings is 1. The van der Waals surface area contributed by atoms with Gasteiger partial charge in [0.05, 0.1) is 6.42 Å². The lowest BCUT2D eigenvalue weighted by molar-refractivity contribution is -0.131. The van der Waals surface area contributed by atoms with Gasteiger partial charge >= 0.3 is 0 Å². The predicted octanol–water partition coefficient (Wildman–Crippen LogP) is 1.99. The van der Waals surface area contributed by atoms with Gasteiger partial charge in [-0.05, 0) is 42.9 Å². The lowest BCUT2D eigenvalue weighted by Gasteiger charge is -2.31. The third-order valence-corrected chi connectivity index (χ3v) is 4.09. The minimum atomic E-state index is 0.250. The van der Waals surface area contributed by atoms with Crippen LogP contribution in [0.3, 0.4) is 0 Å². The molecule has 1 aromatic rings. The summed E-state index contributed by atoms with van der Waals surface area (Å²) in [5.74, 6) is 0.854. The molecule has 0 bridgehead atoms. The molecule has 0 spiro atoms. The molecule has 1 aromatic carbocycles. The van der Waals surface area contributed by atoms with Gasteiger partial charge in [0.15, 0.2) is 0 Å². The summed E-state index contributed by atoms with van der Waals surface area (Å²) in [5, 5.41) is 0. The maximum absolute atomic E-state index is 12.2. The third kappa shape index (κ3) is 3.80. The Hall–Kier alpha value is -1.35. The van der Waals surface area contributed by atoms with E-state index in [4.69, 9.17) is 5.73 Å². The van der Waals surface area contributed by atoms with Gasteiger partial charge in [-0.1, -0.05) is 31.2 Å². The van der Waals surface area contributed by atoms with E-state index < -0.39 is 0 Å². The fourth-order valence-corrected chi connectivity index (χ4v) is 2.60. The van der Waals surface area contributed by atoms with Crippen LogP contribution in [0.2, 0.25) is 0 Å². The van der Waals surface area contributed by atoms with Gasteiger partial charge in [-0.25, -0.2) is 0 Å². The maximum Gasteiger partial charge on any atom is 0.226 e. The van der Waals surface area contributed by atoms with Crippen molar-refractivity contribution in [2.24, 2.45) is 11.7 Å². The van der Waals surface area contributed by atoms with Crippen LogP contribution in [0, 0.1) is 5.92 Å². The zero-order valence-corrected chi connectivity index (χ0v) is 11.8. The van der Waals surface area contributed by atoms with Crippen molar-refractivity contribution in [3.63, 3.8) is 0 Å². The number of piperidine rings is 1. The molecule has 2 N–H and O–H groups in total. The third-order valence-electron chi connectivity index (χ3n) is 4.09. The number of carbonyl (C=O) groups is 1. The van der Waals surface area contributed by atoms with Gasteiger partial charge in [-0.15, -0.1) is 0 Å². The molecule has 3 nitrogen and oxygen atoms in total. The molecule has 1 heterocycles. The summed E-state index contributed by atoms with van der Waals surface area (Å²) in [4.78, 5) is 14.2. The number of aryl methyl sites for hydroxylation is 1. The topological polar surface area (TPSA) is 46.3 Å². The van der Waals surface area contributed by atoms with Gasteiger partial charge in [0.2, 0.25) is 5.91 Å². The van der Waals surface area contributed by atoms with Gasteiger partial charge in [-0.3, -0.25) is 4.79 Å². The van der Waals surface area contributed by atoms with Crippen molar-refractivity contribution in [1.82, 2.24) is 4.90 Å². The van der Waals surface area contributed by atoms with Crippen LogP contribution in [0.1, 0.15) is 30.9 Å². The van der Waals surface area contributed by atoms with Gasteiger partial charge in [0.1, 0.15) is 0 Å². The maximum atomic E-state index is 12.2. The Morgan fingerprint density at radius 3 is 2.32 bits per heavy atom. The lowest BCUT2D eigenvalue weighted by atomic mass is 9.96. The number of nitrogens with two attached hydrogens (primary N) is 1. The van der Waals surface area contributed by atoms with Crippen molar-refractivity contribution in [3.05, 3.63) is 35.4 Å². The number of likely N-dealkylation sites (tertiary alicyclic amines) is 1. The molecule has 2 rings (SSSR count). The Morgan fingerprint density at radius 2 is 1.79 bits per heavy atom. The molecule has 1 aliphatic heterocycles. The molecular weight excluding hydrogens is 236 g/mol. The van der Waals surface area contributed by atoms with E-state index in [-0.39, 0.29) is 5.91 Å². The SMILES string of the molecule is CCc1ccc(CC(=O)N2CCC(CN)CC2)cc1. The van der Waals surface area contributed by atoms with Crippen LogP contribution >= 0.6 is 0 Å². The first-order valence-electron chi connectivity index (χ1n) is 7.28. The van der Waals surface area contributed by atoms with E-state index in [1.807, 2.05) is 4.90 Å². The van der Waals surface area contributed by atoms with E-state index in [2.05, 4.69) is 31.2 Å². The van der Waals surface area contributed by atoms with Crippen molar-refractivity contribution in [1.29, 1.82) is 0 Å².